The van der Waals surface area contributed by atoms with Crippen molar-refractivity contribution in [1.29, 1.82) is 0 Å². The van der Waals surface area contributed by atoms with Gasteiger partial charge in [-0.15, -0.1) is 0 Å². The lowest BCUT2D eigenvalue weighted by Crippen LogP contribution is -2.35. The molecular formula is C7H12F2N2O. The van der Waals surface area contributed by atoms with Gasteiger partial charge in [-0.1, -0.05) is 0 Å². The molecule has 0 spiro atoms. The van der Waals surface area contributed by atoms with Crippen molar-refractivity contribution in [3.05, 3.63) is 0 Å². The molecule has 1 rings (SSSR count). The second-order valence-corrected chi connectivity index (χ2v) is 2.83. The molecule has 5 heteroatoms. The topological polar surface area (TPSA) is 32.3 Å². The van der Waals surface area contributed by atoms with E-state index in [0.29, 0.717) is 13.1 Å². The summed E-state index contributed by atoms with van der Waals surface area (Å²) in [5.74, 6) is -0.159. The van der Waals surface area contributed by atoms with Crippen molar-refractivity contribution in [2.75, 3.05) is 26.2 Å². The van der Waals surface area contributed by atoms with Crippen molar-refractivity contribution in [3.8, 4) is 0 Å². The lowest BCUT2D eigenvalue weighted by atomic mass is 10.4. The smallest absolute Gasteiger partial charge is 0.251 e. The average Bonchev–Trinajstić information content (AvgIpc) is 2.12. The largest absolute Gasteiger partial charge is 0.355 e. The van der Waals surface area contributed by atoms with E-state index in [1.54, 1.807) is 0 Å². The summed E-state index contributed by atoms with van der Waals surface area (Å²) in [5.41, 5.74) is 0. The minimum Gasteiger partial charge on any atom is -0.355 e. The zero-order chi connectivity index (χ0) is 8.97. The Kier molecular flexibility index (Phi) is 3.40. The number of rotatable bonds is 2. The molecule has 1 N–H and O–H groups in total. The quantitative estimate of drug-likeness (QED) is 0.649. The number of nitrogens with one attached hydrogen (secondary N) is 1. The van der Waals surface area contributed by atoms with Gasteiger partial charge in [0.05, 0.1) is 13.1 Å². The normalized spacial score (nSPS) is 20.8. The van der Waals surface area contributed by atoms with E-state index >= 15 is 0 Å². The van der Waals surface area contributed by atoms with E-state index in [4.69, 9.17) is 0 Å². The van der Waals surface area contributed by atoms with Gasteiger partial charge in [-0.3, -0.25) is 9.69 Å². The second kappa shape index (κ2) is 4.35. The monoisotopic (exact) mass is 178 g/mol. The number of halogens is 2. The number of hydrogen-bond acceptors (Lipinski definition) is 2. The Hall–Kier alpha value is -0.710. The van der Waals surface area contributed by atoms with Gasteiger partial charge < -0.3 is 5.32 Å². The van der Waals surface area contributed by atoms with E-state index in [2.05, 4.69) is 5.32 Å². The number of nitrogens with zero attached hydrogens (tertiary/aromatic N) is 1. The molecular weight excluding hydrogens is 166 g/mol. The van der Waals surface area contributed by atoms with Crippen molar-refractivity contribution < 1.29 is 13.6 Å². The van der Waals surface area contributed by atoms with Crippen LogP contribution < -0.4 is 5.32 Å². The Labute approximate surface area is 69.7 Å². The maximum absolute atomic E-state index is 11.9. The molecule has 1 aliphatic heterocycles. The van der Waals surface area contributed by atoms with E-state index in [0.717, 1.165) is 6.42 Å². The van der Waals surface area contributed by atoms with Crippen molar-refractivity contribution in [3.63, 3.8) is 0 Å². The predicted molar refractivity (Wildman–Crippen MR) is 40.1 cm³/mol. The number of carbonyl (C=O) groups is 1. The van der Waals surface area contributed by atoms with Gasteiger partial charge in [0.1, 0.15) is 0 Å². The van der Waals surface area contributed by atoms with Crippen LogP contribution in [0.1, 0.15) is 6.42 Å². The zero-order valence-electron chi connectivity index (χ0n) is 6.72. The van der Waals surface area contributed by atoms with Crippen LogP contribution in [-0.4, -0.2) is 43.4 Å². The number of amides is 1. The summed E-state index contributed by atoms with van der Waals surface area (Å²) >= 11 is 0. The molecule has 0 aromatic heterocycles. The number of alkyl halides is 2. The van der Waals surface area contributed by atoms with E-state index in [9.17, 15) is 13.6 Å². The third-order valence-corrected chi connectivity index (χ3v) is 1.74. The first-order valence-electron chi connectivity index (χ1n) is 3.95. The Bertz CT molecular complexity index is 163. The Morgan fingerprint density at radius 1 is 1.58 bits per heavy atom. The van der Waals surface area contributed by atoms with E-state index in [-0.39, 0.29) is 19.0 Å². The van der Waals surface area contributed by atoms with Crippen molar-refractivity contribution in [2.24, 2.45) is 0 Å². The fourth-order valence-corrected chi connectivity index (χ4v) is 1.22. The van der Waals surface area contributed by atoms with Crippen molar-refractivity contribution >= 4 is 5.91 Å². The first kappa shape index (κ1) is 9.38. The summed E-state index contributed by atoms with van der Waals surface area (Å²) < 4.78 is 23.8. The van der Waals surface area contributed by atoms with Gasteiger partial charge in [-0.25, -0.2) is 8.78 Å². The summed E-state index contributed by atoms with van der Waals surface area (Å²) in [5, 5.41) is 2.62. The molecule has 0 aromatic rings. The minimum absolute atomic E-state index is 0.102. The second-order valence-electron chi connectivity index (χ2n) is 2.83. The van der Waals surface area contributed by atoms with Gasteiger partial charge in [0.15, 0.2) is 0 Å². The highest BCUT2D eigenvalue weighted by Gasteiger charge is 2.17. The van der Waals surface area contributed by atoms with E-state index in [1.807, 2.05) is 0 Å². The number of carbonyl (C=O) groups excluding carboxylic acids is 1. The molecule has 1 heterocycles. The minimum atomic E-state index is -2.35. The van der Waals surface area contributed by atoms with Crippen molar-refractivity contribution in [2.45, 2.75) is 12.8 Å². The predicted octanol–water partition coefficient (Wildman–Crippen LogP) is 0.0734. The molecule has 0 bridgehead atoms. The van der Waals surface area contributed by atoms with Crippen LogP contribution in [0.15, 0.2) is 0 Å². The molecule has 12 heavy (non-hydrogen) atoms. The fraction of sp³-hybridized carbons (Fsp3) is 0.857. The average molecular weight is 178 g/mol. The van der Waals surface area contributed by atoms with E-state index in [1.165, 1.54) is 4.90 Å². The lowest BCUT2D eigenvalue weighted by molar-refractivity contribution is -0.121. The Morgan fingerprint density at radius 2 is 2.33 bits per heavy atom. The van der Waals surface area contributed by atoms with Gasteiger partial charge in [0.25, 0.3) is 6.43 Å². The SMILES string of the molecule is O=C1CN(CC(F)F)CCCN1. The number of hydrogen-bond donors (Lipinski definition) is 1. The highest BCUT2D eigenvalue weighted by atomic mass is 19.3. The van der Waals surface area contributed by atoms with Crippen LogP contribution in [-0.2, 0) is 4.79 Å². The molecule has 1 fully saturated rings. The molecule has 0 aromatic carbocycles. The summed E-state index contributed by atoms with van der Waals surface area (Å²) in [6.45, 7) is 0.972. The van der Waals surface area contributed by atoms with Crippen LogP contribution in [0.5, 0.6) is 0 Å². The Morgan fingerprint density at radius 3 is 3.00 bits per heavy atom. The molecule has 70 valence electrons. The summed E-state index contributed by atoms with van der Waals surface area (Å²) in [6.07, 6.45) is -1.60. The maximum atomic E-state index is 11.9. The third-order valence-electron chi connectivity index (χ3n) is 1.74. The van der Waals surface area contributed by atoms with Crippen LogP contribution >= 0.6 is 0 Å². The molecule has 1 amide bonds. The first-order valence-corrected chi connectivity index (χ1v) is 3.95. The molecule has 3 nitrogen and oxygen atoms in total. The molecule has 0 unspecified atom stereocenters. The summed E-state index contributed by atoms with van der Waals surface area (Å²) in [4.78, 5) is 12.4. The molecule has 0 atom stereocenters. The van der Waals surface area contributed by atoms with Crippen LogP contribution in [0.4, 0.5) is 8.78 Å². The standard InChI is InChI=1S/C7H12F2N2O/c8-6(9)4-11-3-1-2-10-7(12)5-11/h6H,1-5H2,(H,10,12). The van der Waals surface area contributed by atoms with Gasteiger partial charge in [0.2, 0.25) is 5.91 Å². The molecule has 0 aliphatic carbocycles. The van der Waals surface area contributed by atoms with Crippen LogP contribution in [0.25, 0.3) is 0 Å². The van der Waals surface area contributed by atoms with Gasteiger partial charge in [-0.05, 0) is 6.42 Å². The van der Waals surface area contributed by atoms with Crippen LogP contribution in [0, 0.1) is 0 Å². The maximum Gasteiger partial charge on any atom is 0.251 e. The Balaban J connectivity index is 2.36. The highest BCUT2D eigenvalue weighted by Crippen LogP contribution is 2.01. The van der Waals surface area contributed by atoms with Crippen LogP contribution in [0.3, 0.4) is 0 Å². The summed E-state index contributed by atoms with van der Waals surface area (Å²) in [7, 11) is 0. The summed E-state index contributed by atoms with van der Waals surface area (Å²) in [6, 6.07) is 0. The molecule has 0 radical (unpaired) electrons. The molecule has 1 saturated heterocycles. The van der Waals surface area contributed by atoms with Gasteiger partial charge >= 0.3 is 0 Å². The van der Waals surface area contributed by atoms with Crippen molar-refractivity contribution in [1.82, 2.24) is 10.2 Å². The highest BCUT2D eigenvalue weighted by molar-refractivity contribution is 5.78. The third kappa shape index (κ3) is 3.13. The lowest BCUT2D eigenvalue weighted by Gasteiger charge is -2.16. The van der Waals surface area contributed by atoms with Gasteiger partial charge in [0, 0.05) is 13.1 Å². The zero-order valence-corrected chi connectivity index (χ0v) is 6.72. The fourth-order valence-electron chi connectivity index (χ4n) is 1.22. The molecule has 1 aliphatic rings. The van der Waals surface area contributed by atoms with Crippen LogP contribution in [0.2, 0.25) is 0 Å². The first-order chi connectivity index (χ1) is 5.68. The van der Waals surface area contributed by atoms with Gasteiger partial charge in [-0.2, -0.15) is 0 Å². The molecule has 0 saturated carbocycles. The van der Waals surface area contributed by atoms with E-state index < -0.39 is 6.43 Å².